The molecule has 4 atom stereocenters. The Morgan fingerprint density at radius 1 is 1.18 bits per heavy atom. The van der Waals surface area contributed by atoms with Gasteiger partial charge in [0.25, 0.3) is 0 Å². The van der Waals surface area contributed by atoms with Crippen molar-refractivity contribution in [2.45, 2.75) is 75.7 Å². The molecule has 2 N–H and O–H groups in total. The highest BCUT2D eigenvalue weighted by Crippen LogP contribution is 2.41. The molecule has 2 unspecified atom stereocenters. The number of fused-ring (bicyclic) bond motifs is 4. The maximum Gasteiger partial charge on any atom is 0.319 e. The van der Waals surface area contributed by atoms with E-state index < -0.39 is 12.0 Å². The van der Waals surface area contributed by atoms with Crippen LogP contribution in [0.5, 0.6) is 11.8 Å². The largest absolute Gasteiger partial charge is 0.508 e. The van der Waals surface area contributed by atoms with Crippen molar-refractivity contribution in [1.82, 2.24) is 25.2 Å². The molecule has 4 aliphatic heterocycles. The van der Waals surface area contributed by atoms with E-state index in [2.05, 4.69) is 25.1 Å². The molecule has 0 spiro atoms. The minimum atomic E-state index is -0.864. The van der Waals surface area contributed by atoms with E-state index in [1.54, 1.807) is 18.3 Å². The van der Waals surface area contributed by atoms with E-state index in [4.69, 9.17) is 9.72 Å². The Bertz CT molecular complexity index is 1440. The van der Waals surface area contributed by atoms with Crippen LogP contribution in [0.25, 0.3) is 22.2 Å². The number of phenolic OH excluding ortho intramolecular Hbond substituents is 1. The highest BCUT2D eigenvalue weighted by molar-refractivity contribution is 5.92. The molecule has 8 nitrogen and oxygen atoms in total. The van der Waals surface area contributed by atoms with Crippen molar-refractivity contribution in [3.63, 3.8) is 0 Å². The molecule has 3 aromatic rings. The minimum absolute atomic E-state index is 0.0486. The molecule has 0 saturated carbocycles. The van der Waals surface area contributed by atoms with Gasteiger partial charge in [-0.25, -0.2) is 8.78 Å². The van der Waals surface area contributed by atoms with Gasteiger partial charge >= 0.3 is 6.01 Å². The topological polar surface area (TPSA) is 86.6 Å². The zero-order valence-corrected chi connectivity index (χ0v) is 23.0. The molecule has 6 heterocycles. The molecule has 4 fully saturated rings. The summed E-state index contributed by atoms with van der Waals surface area (Å²) in [5, 5.41) is 14.4. The minimum Gasteiger partial charge on any atom is -0.508 e. The Hall–Kier alpha value is -3.11. The van der Waals surface area contributed by atoms with Crippen molar-refractivity contribution < 1.29 is 18.6 Å². The second-order valence-electron chi connectivity index (χ2n) is 12.3. The molecule has 1 aromatic carbocycles. The molecule has 0 radical (unpaired) electrons. The van der Waals surface area contributed by atoms with Crippen LogP contribution in [0.3, 0.4) is 0 Å². The fraction of sp³-hybridized carbons (Fsp3) is 0.567. The first-order valence-electron chi connectivity index (χ1n) is 14.5. The summed E-state index contributed by atoms with van der Waals surface area (Å²) in [5.74, 6) is 0.199. The van der Waals surface area contributed by atoms with Crippen LogP contribution in [0.1, 0.15) is 57.4 Å². The third-order valence-electron chi connectivity index (χ3n) is 9.30. The predicted molar refractivity (Wildman–Crippen MR) is 149 cm³/mol. The number of piperazine rings is 1. The van der Waals surface area contributed by atoms with Crippen LogP contribution in [0.15, 0.2) is 24.4 Å². The van der Waals surface area contributed by atoms with Crippen molar-refractivity contribution in [2.75, 3.05) is 37.7 Å². The third-order valence-corrected chi connectivity index (χ3v) is 9.30. The lowest BCUT2D eigenvalue weighted by Gasteiger charge is -2.34. The van der Waals surface area contributed by atoms with Gasteiger partial charge in [-0.15, -0.1) is 0 Å². The molecule has 0 aliphatic carbocycles. The zero-order valence-electron chi connectivity index (χ0n) is 23.0. The number of alkyl halides is 1. The highest BCUT2D eigenvalue weighted by Gasteiger charge is 2.49. The molecular weight excluding hydrogens is 514 g/mol. The predicted octanol–water partition coefficient (Wildman–Crippen LogP) is 4.56. The molecule has 212 valence electrons. The molecule has 4 aliphatic rings. The van der Waals surface area contributed by atoms with Crippen LogP contribution < -0.4 is 15.0 Å². The summed E-state index contributed by atoms with van der Waals surface area (Å²) in [6.07, 6.45) is 5.30. The van der Waals surface area contributed by atoms with Gasteiger partial charge in [0, 0.05) is 49.9 Å². The van der Waals surface area contributed by atoms with Gasteiger partial charge in [0.2, 0.25) is 0 Å². The smallest absolute Gasteiger partial charge is 0.319 e. The molecule has 7 rings (SSSR count). The summed E-state index contributed by atoms with van der Waals surface area (Å²) in [4.78, 5) is 18.4. The number of nitrogens with one attached hydrogen (secondary N) is 1. The standard InChI is InChI=1S/C30H36F2N6O2/c1-17(2)22-7-6-21(39)10-23(22)26-25(32)27-24(12-33-26)28(37-14-19-4-5-20(15-37)34-19)36-29(35-27)40-16-30-8-3-9-38(30)13-18(31)11-30/h6-7,10,12,17-20,34,39H,3-5,8-9,11,13-16H2,1-2H3/t18-,19?,20?,30+/m1/s1. The van der Waals surface area contributed by atoms with E-state index >= 15 is 4.39 Å². The number of pyridine rings is 1. The Labute approximate surface area is 232 Å². The number of halogens is 2. The first-order valence-corrected chi connectivity index (χ1v) is 14.5. The number of aromatic nitrogens is 3. The highest BCUT2D eigenvalue weighted by atomic mass is 19.1. The summed E-state index contributed by atoms with van der Waals surface area (Å²) in [6, 6.07) is 5.80. The number of phenols is 1. The van der Waals surface area contributed by atoms with Crippen molar-refractivity contribution in [3.8, 4) is 23.0 Å². The van der Waals surface area contributed by atoms with Gasteiger partial charge < -0.3 is 20.1 Å². The summed E-state index contributed by atoms with van der Waals surface area (Å²) < 4.78 is 37.1. The first kappa shape index (κ1) is 25.8. The number of nitrogens with zero attached hydrogens (tertiary/aromatic N) is 5. The maximum atomic E-state index is 16.5. The normalized spacial score (nSPS) is 28.1. The van der Waals surface area contributed by atoms with Crippen LogP contribution in [0.2, 0.25) is 0 Å². The van der Waals surface area contributed by atoms with Gasteiger partial charge in [-0.3, -0.25) is 9.88 Å². The maximum absolute atomic E-state index is 16.5. The van der Waals surface area contributed by atoms with E-state index in [0.29, 0.717) is 41.8 Å². The summed E-state index contributed by atoms with van der Waals surface area (Å²) >= 11 is 0. The van der Waals surface area contributed by atoms with Crippen LogP contribution >= 0.6 is 0 Å². The van der Waals surface area contributed by atoms with Crippen LogP contribution in [0, 0.1) is 5.82 Å². The van der Waals surface area contributed by atoms with E-state index in [1.807, 2.05) is 19.9 Å². The summed E-state index contributed by atoms with van der Waals surface area (Å²) in [7, 11) is 0. The number of aromatic hydroxyl groups is 1. The van der Waals surface area contributed by atoms with Crippen molar-refractivity contribution >= 4 is 16.7 Å². The average Bonchev–Trinajstić information content (AvgIpc) is 3.57. The van der Waals surface area contributed by atoms with E-state index in [0.717, 1.165) is 50.9 Å². The second-order valence-corrected chi connectivity index (χ2v) is 12.3. The van der Waals surface area contributed by atoms with Crippen molar-refractivity contribution in [1.29, 1.82) is 0 Å². The van der Waals surface area contributed by atoms with E-state index in [9.17, 15) is 9.50 Å². The van der Waals surface area contributed by atoms with Gasteiger partial charge in [0.15, 0.2) is 5.82 Å². The van der Waals surface area contributed by atoms with Crippen LogP contribution in [0.4, 0.5) is 14.6 Å². The number of benzene rings is 1. The molecule has 2 bridgehead atoms. The van der Waals surface area contributed by atoms with Crippen molar-refractivity contribution in [2.24, 2.45) is 0 Å². The van der Waals surface area contributed by atoms with Crippen molar-refractivity contribution in [3.05, 3.63) is 35.8 Å². The average molecular weight is 551 g/mol. The van der Waals surface area contributed by atoms with Gasteiger partial charge in [-0.2, -0.15) is 9.97 Å². The monoisotopic (exact) mass is 550 g/mol. The number of hydrogen-bond acceptors (Lipinski definition) is 8. The Balaban J connectivity index is 1.32. The molecule has 2 aromatic heterocycles. The Morgan fingerprint density at radius 2 is 1.98 bits per heavy atom. The van der Waals surface area contributed by atoms with Gasteiger partial charge in [-0.1, -0.05) is 19.9 Å². The number of rotatable bonds is 6. The lowest BCUT2D eigenvalue weighted by atomic mass is 9.94. The third kappa shape index (κ3) is 4.36. The molecular formula is C30H36F2N6O2. The Kier molecular flexibility index (Phi) is 6.31. The zero-order chi connectivity index (χ0) is 27.6. The first-order chi connectivity index (χ1) is 19.3. The summed E-state index contributed by atoms with van der Waals surface area (Å²) in [5.41, 5.74) is 1.35. The summed E-state index contributed by atoms with van der Waals surface area (Å²) in [6.45, 7) is 7.14. The Morgan fingerprint density at radius 3 is 2.75 bits per heavy atom. The lowest BCUT2D eigenvalue weighted by molar-refractivity contribution is 0.107. The fourth-order valence-electron chi connectivity index (χ4n) is 7.39. The quantitative estimate of drug-likeness (QED) is 0.462. The molecule has 4 saturated heterocycles. The fourth-order valence-corrected chi connectivity index (χ4v) is 7.39. The lowest BCUT2D eigenvalue weighted by Crippen LogP contribution is -2.51. The van der Waals surface area contributed by atoms with Gasteiger partial charge in [0.1, 0.15) is 35.6 Å². The number of anilines is 1. The van der Waals surface area contributed by atoms with Crippen LogP contribution in [-0.4, -0.2) is 81.5 Å². The van der Waals surface area contributed by atoms with Gasteiger partial charge in [-0.05, 0) is 55.8 Å². The van der Waals surface area contributed by atoms with E-state index in [1.165, 1.54) is 0 Å². The van der Waals surface area contributed by atoms with Crippen LogP contribution in [-0.2, 0) is 0 Å². The number of ether oxygens (including phenoxy) is 1. The van der Waals surface area contributed by atoms with Gasteiger partial charge in [0.05, 0.1) is 10.9 Å². The van der Waals surface area contributed by atoms with E-state index in [-0.39, 0.29) is 41.0 Å². The molecule has 0 amide bonds. The second kappa shape index (κ2) is 9.76. The molecule has 40 heavy (non-hydrogen) atoms. The SMILES string of the molecule is CC(C)c1ccc(O)cc1-c1ncc2c(N3CC4CCC(C3)N4)nc(OC[C@@]34CCCN3C[C@H](F)C4)nc2c1F. The molecule has 10 heteroatoms. The number of hydrogen-bond donors (Lipinski definition) is 2.